The van der Waals surface area contributed by atoms with E-state index in [2.05, 4.69) is 46.5 Å². The lowest BCUT2D eigenvalue weighted by atomic mass is 10.1. The second kappa shape index (κ2) is 6.23. The van der Waals surface area contributed by atoms with Crippen LogP contribution in [0, 0.1) is 6.92 Å². The molecule has 0 aliphatic rings. The van der Waals surface area contributed by atoms with Crippen molar-refractivity contribution in [2.24, 2.45) is 5.84 Å². The van der Waals surface area contributed by atoms with E-state index < -0.39 is 0 Å². The van der Waals surface area contributed by atoms with E-state index in [1.807, 2.05) is 6.92 Å². The van der Waals surface area contributed by atoms with E-state index in [4.69, 9.17) is 10.6 Å². The number of aryl methyl sites for hydroxylation is 1. The molecule has 0 radical (unpaired) electrons. The molecule has 0 aliphatic carbocycles. The van der Waals surface area contributed by atoms with Crippen molar-refractivity contribution in [2.75, 3.05) is 13.2 Å². The molecule has 84 valence electrons. The number of hydrazine groups is 1. The average molecular weight is 273 g/mol. The van der Waals surface area contributed by atoms with Gasteiger partial charge in [-0.3, -0.25) is 11.3 Å². The van der Waals surface area contributed by atoms with E-state index >= 15 is 0 Å². The lowest BCUT2D eigenvalue weighted by Gasteiger charge is -2.17. The Morgan fingerprint density at radius 1 is 1.47 bits per heavy atom. The summed E-state index contributed by atoms with van der Waals surface area (Å²) in [7, 11) is 0. The van der Waals surface area contributed by atoms with Gasteiger partial charge in [0.2, 0.25) is 0 Å². The molecule has 4 heteroatoms. The van der Waals surface area contributed by atoms with Crippen molar-refractivity contribution in [3.05, 3.63) is 33.8 Å². The standard InChI is InChI=1S/C11H17BrN2O/c1-3-15-7-11(14-13)9-4-8(2)5-10(12)6-9/h4-6,11,14H,3,7,13H2,1-2H3. The topological polar surface area (TPSA) is 47.3 Å². The average Bonchev–Trinajstić information content (AvgIpc) is 2.17. The van der Waals surface area contributed by atoms with Crippen molar-refractivity contribution < 1.29 is 4.74 Å². The molecule has 0 aliphatic heterocycles. The number of nitrogens with two attached hydrogens (primary N) is 1. The molecular weight excluding hydrogens is 256 g/mol. The predicted molar refractivity (Wildman–Crippen MR) is 65.4 cm³/mol. The van der Waals surface area contributed by atoms with E-state index in [0.717, 1.165) is 10.0 Å². The minimum absolute atomic E-state index is 0.0427. The van der Waals surface area contributed by atoms with Crippen LogP contribution in [0.3, 0.4) is 0 Å². The van der Waals surface area contributed by atoms with Crippen molar-refractivity contribution in [1.82, 2.24) is 5.43 Å². The molecule has 0 amide bonds. The summed E-state index contributed by atoms with van der Waals surface area (Å²) in [5, 5.41) is 0. The van der Waals surface area contributed by atoms with E-state index in [1.54, 1.807) is 0 Å². The van der Waals surface area contributed by atoms with Gasteiger partial charge in [0.05, 0.1) is 12.6 Å². The summed E-state index contributed by atoms with van der Waals surface area (Å²) in [6, 6.07) is 6.27. The molecule has 0 heterocycles. The Morgan fingerprint density at radius 2 is 2.20 bits per heavy atom. The second-order valence-electron chi connectivity index (χ2n) is 3.44. The molecule has 0 fully saturated rings. The first-order chi connectivity index (χ1) is 7.17. The molecule has 1 aromatic carbocycles. The Balaban J connectivity index is 2.81. The van der Waals surface area contributed by atoms with Gasteiger partial charge in [-0.15, -0.1) is 0 Å². The maximum atomic E-state index is 5.50. The van der Waals surface area contributed by atoms with E-state index in [-0.39, 0.29) is 6.04 Å². The summed E-state index contributed by atoms with van der Waals surface area (Å²) < 4.78 is 6.43. The van der Waals surface area contributed by atoms with Crippen LogP contribution in [0.2, 0.25) is 0 Å². The van der Waals surface area contributed by atoms with Crippen molar-refractivity contribution >= 4 is 15.9 Å². The number of nitrogens with one attached hydrogen (secondary N) is 1. The Kier molecular flexibility index (Phi) is 5.25. The lowest BCUT2D eigenvalue weighted by molar-refractivity contribution is 0.123. The first-order valence-corrected chi connectivity index (χ1v) is 5.77. The fraction of sp³-hybridized carbons (Fsp3) is 0.455. The third-order valence-electron chi connectivity index (χ3n) is 2.16. The van der Waals surface area contributed by atoms with Gasteiger partial charge in [0, 0.05) is 11.1 Å². The van der Waals surface area contributed by atoms with Gasteiger partial charge in [-0.05, 0) is 37.1 Å². The molecule has 0 bridgehead atoms. The minimum Gasteiger partial charge on any atom is -0.380 e. The first-order valence-electron chi connectivity index (χ1n) is 4.98. The second-order valence-corrected chi connectivity index (χ2v) is 4.36. The smallest absolute Gasteiger partial charge is 0.0694 e. The van der Waals surface area contributed by atoms with Crippen LogP contribution >= 0.6 is 15.9 Å². The van der Waals surface area contributed by atoms with E-state index in [1.165, 1.54) is 5.56 Å². The summed E-state index contributed by atoms with van der Waals surface area (Å²) in [5.41, 5.74) is 5.10. The zero-order chi connectivity index (χ0) is 11.3. The van der Waals surface area contributed by atoms with Crippen molar-refractivity contribution in [1.29, 1.82) is 0 Å². The fourth-order valence-corrected chi connectivity index (χ4v) is 2.07. The summed E-state index contributed by atoms with van der Waals surface area (Å²) in [6.07, 6.45) is 0. The minimum atomic E-state index is 0.0427. The van der Waals surface area contributed by atoms with Gasteiger partial charge in [0.1, 0.15) is 0 Å². The largest absolute Gasteiger partial charge is 0.380 e. The molecule has 1 aromatic rings. The summed E-state index contributed by atoms with van der Waals surface area (Å²) >= 11 is 3.47. The highest BCUT2D eigenvalue weighted by Gasteiger charge is 2.10. The fourth-order valence-electron chi connectivity index (χ4n) is 1.44. The highest BCUT2D eigenvalue weighted by Crippen LogP contribution is 2.20. The van der Waals surface area contributed by atoms with Gasteiger partial charge in [-0.25, -0.2) is 0 Å². The predicted octanol–water partition coefficient (Wildman–Crippen LogP) is 2.30. The van der Waals surface area contributed by atoms with Gasteiger partial charge in [-0.2, -0.15) is 0 Å². The van der Waals surface area contributed by atoms with E-state index in [0.29, 0.717) is 13.2 Å². The molecule has 3 N–H and O–H groups in total. The van der Waals surface area contributed by atoms with Gasteiger partial charge in [-0.1, -0.05) is 22.0 Å². The Labute approximate surface area is 99.1 Å². The van der Waals surface area contributed by atoms with Crippen LogP contribution < -0.4 is 11.3 Å². The zero-order valence-corrected chi connectivity index (χ0v) is 10.7. The van der Waals surface area contributed by atoms with Crippen molar-refractivity contribution in [3.8, 4) is 0 Å². The van der Waals surface area contributed by atoms with Crippen LogP contribution in [0.4, 0.5) is 0 Å². The molecule has 0 saturated carbocycles. The van der Waals surface area contributed by atoms with Crippen LogP contribution in [-0.2, 0) is 4.74 Å². The SMILES string of the molecule is CCOCC(NN)c1cc(C)cc(Br)c1. The van der Waals surface area contributed by atoms with Gasteiger partial charge >= 0.3 is 0 Å². The number of ether oxygens (including phenoxy) is 1. The quantitative estimate of drug-likeness (QED) is 0.639. The molecule has 15 heavy (non-hydrogen) atoms. The Morgan fingerprint density at radius 3 is 2.73 bits per heavy atom. The van der Waals surface area contributed by atoms with Crippen molar-refractivity contribution in [3.63, 3.8) is 0 Å². The molecule has 1 rings (SSSR count). The third kappa shape index (κ3) is 3.91. The van der Waals surface area contributed by atoms with Crippen LogP contribution in [0.5, 0.6) is 0 Å². The zero-order valence-electron chi connectivity index (χ0n) is 9.09. The molecule has 3 nitrogen and oxygen atoms in total. The lowest BCUT2D eigenvalue weighted by Crippen LogP contribution is -2.31. The molecule has 0 aromatic heterocycles. The summed E-state index contributed by atoms with van der Waals surface area (Å²) in [4.78, 5) is 0. The maximum Gasteiger partial charge on any atom is 0.0694 e. The number of benzene rings is 1. The summed E-state index contributed by atoms with van der Waals surface area (Å²) in [6.45, 7) is 5.32. The number of halogens is 1. The van der Waals surface area contributed by atoms with Crippen LogP contribution in [0.1, 0.15) is 24.1 Å². The molecule has 1 unspecified atom stereocenters. The maximum absolute atomic E-state index is 5.50. The van der Waals surface area contributed by atoms with Crippen LogP contribution in [0.25, 0.3) is 0 Å². The number of hydrogen-bond acceptors (Lipinski definition) is 3. The van der Waals surface area contributed by atoms with Gasteiger partial charge in [0.15, 0.2) is 0 Å². The first kappa shape index (κ1) is 12.6. The number of hydrogen-bond donors (Lipinski definition) is 2. The molecule has 0 saturated heterocycles. The van der Waals surface area contributed by atoms with E-state index in [9.17, 15) is 0 Å². The monoisotopic (exact) mass is 272 g/mol. The molecule has 1 atom stereocenters. The molecule has 0 spiro atoms. The van der Waals surface area contributed by atoms with Crippen LogP contribution in [0.15, 0.2) is 22.7 Å². The Hall–Kier alpha value is -0.420. The summed E-state index contributed by atoms with van der Waals surface area (Å²) in [5.74, 6) is 5.50. The Bertz CT molecular complexity index is 297. The third-order valence-corrected chi connectivity index (χ3v) is 2.61. The van der Waals surface area contributed by atoms with Gasteiger partial charge < -0.3 is 4.74 Å². The highest BCUT2D eigenvalue weighted by atomic mass is 79.9. The van der Waals surface area contributed by atoms with Crippen LogP contribution in [-0.4, -0.2) is 13.2 Å². The highest BCUT2D eigenvalue weighted by molar-refractivity contribution is 9.10. The normalized spacial score (nSPS) is 12.8. The van der Waals surface area contributed by atoms with Crippen molar-refractivity contribution in [2.45, 2.75) is 19.9 Å². The molecular formula is C11H17BrN2O. The van der Waals surface area contributed by atoms with Gasteiger partial charge in [0.25, 0.3) is 0 Å². The number of rotatable bonds is 5.